The summed E-state index contributed by atoms with van der Waals surface area (Å²) in [6, 6.07) is 3.80. The summed E-state index contributed by atoms with van der Waals surface area (Å²) in [5, 5.41) is 9.14. The molecular weight excluding hydrogens is 298 g/mol. The Bertz CT molecular complexity index is 644. The number of hydrogen-bond acceptors (Lipinski definition) is 5. The van der Waals surface area contributed by atoms with E-state index in [2.05, 4.69) is 9.88 Å². The molecule has 0 radical (unpaired) electrons. The topological polar surface area (TPSA) is 80.7 Å². The van der Waals surface area contributed by atoms with E-state index in [9.17, 15) is 4.79 Å². The molecule has 3 rings (SSSR count). The second-order valence-corrected chi connectivity index (χ2v) is 5.81. The molecule has 7 heteroatoms. The van der Waals surface area contributed by atoms with Gasteiger partial charge < -0.3 is 18.8 Å². The van der Waals surface area contributed by atoms with Crippen molar-refractivity contribution in [3.8, 4) is 0 Å². The van der Waals surface area contributed by atoms with Crippen LogP contribution in [0.3, 0.4) is 0 Å². The van der Waals surface area contributed by atoms with Gasteiger partial charge in [-0.05, 0) is 25.0 Å². The fourth-order valence-electron chi connectivity index (χ4n) is 2.88. The lowest BCUT2D eigenvalue weighted by Gasteiger charge is -2.24. The largest absolute Gasteiger partial charge is 0.477 e. The van der Waals surface area contributed by atoms with Crippen molar-refractivity contribution < 1.29 is 19.1 Å². The molecule has 1 unspecified atom stereocenters. The summed E-state index contributed by atoms with van der Waals surface area (Å²) in [7, 11) is 1.73. The lowest BCUT2D eigenvalue weighted by atomic mass is 10.2. The van der Waals surface area contributed by atoms with Gasteiger partial charge in [0, 0.05) is 20.2 Å². The van der Waals surface area contributed by atoms with Crippen LogP contribution < -0.4 is 0 Å². The summed E-state index contributed by atoms with van der Waals surface area (Å²) in [5.41, 5.74) is 0.190. The van der Waals surface area contributed by atoms with Crippen molar-refractivity contribution in [3.63, 3.8) is 0 Å². The Morgan fingerprint density at radius 2 is 2.39 bits per heavy atom. The number of carboxylic acids is 1. The highest BCUT2D eigenvalue weighted by Gasteiger charge is 2.22. The van der Waals surface area contributed by atoms with Crippen molar-refractivity contribution in [3.05, 3.63) is 41.9 Å². The Morgan fingerprint density at radius 3 is 3.00 bits per heavy atom. The molecule has 2 aromatic heterocycles. The summed E-state index contributed by atoms with van der Waals surface area (Å²) in [4.78, 5) is 17.6. The fraction of sp³-hybridized carbons (Fsp3) is 0.500. The minimum absolute atomic E-state index is 0.190. The highest BCUT2D eigenvalue weighted by Crippen LogP contribution is 2.17. The molecule has 1 fully saturated rings. The zero-order valence-electron chi connectivity index (χ0n) is 13.1. The molecule has 0 spiro atoms. The van der Waals surface area contributed by atoms with Crippen LogP contribution in [0.15, 0.2) is 29.0 Å². The lowest BCUT2D eigenvalue weighted by Crippen LogP contribution is -2.32. The van der Waals surface area contributed by atoms with Crippen molar-refractivity contribution in [2.75, 3.05) is 13.2 Å². The van der Waals surface area contributed by atoms with Gasteiger partial charge in [0.1, 0.15) is 17.3 Å². The quantitative estimate of drug-likeness (QED) is 0.839. The van der Waals surface area contributed by atoms with Gasteiger partial charge in [0.15, 0.2) is 0 Å². The molecule has 0 saturated carbocycles. The molecule has 1 aliphatic rings. The van der Waals surface area contributed by atoms with Gasteiger partial charge in [-0.15, -0.1) is 0 Å². The molecule has 0 aromatic carbocycles. The molecule has 23 heavy (non-hydrogen) atoms. The second kappa shape index (κ2) is 6.97. The number of carboxylic acid groups (broad SMARTS) is 1. The van der Waals surface area contributed by atoms with Crippen LogP contribution in [-0.2, 0) is 24.9 Å². The average Bonchev–Trinajstić information content (AvgIpc) is 3.23. The SMILES string of the molecule is Cn1c(C(=O)O)cnc1CN(Cc1ccco1)CC1CCCO1. The number of carbonyl (C=O) groups is 1. The molecule has 7 nitrogen and oxygen atoms in total. The summed E-state index contributed by atoms with van der Waals surface area (Å²) in [5.74, 6) is 0.616. The van der Waals surface area contributed by atoms with E-state index in [1.165, 1.54) is 6.20 Å². The molecule has 124 valence electrons. The van der Waals surface area contributed by atoms with Crippen molar-refractivity contribution in [2.45, 2.75) is 32.0 Å². The molecule has 3 heterocycles. The first-order chi connectivity index (χ1) is 11.1. The van der Waals surface area contributed by atoms with E-state index in [1.807, 2.05) is 12.1 Å². The van der Waals surface area contributed by atoms with Crippen LogP contribution in [0.2, 0.25) is 0 Å². The molecule has 2 aromatic rings. The van der Waals surface area contributed by atoms with E-state index in [-0.39, 0.29) is 11.8 Å². The fourth-order valence-corrected chi connectivity index (χ4v) is 2.88. The van der Waals surface area contributed by atoms with Crippen LogP contribution in [0, 0.1) is 0 Å². The number of imidazole rings is 1. The van der Waals surface area contributed by atoms with Crippen LogP contribution in [-0.4, -0.2) is 44.8 Å². The number of ether oxygens (including phenoxy) is 1. The minimum atomic E-state index is -0.969. The number of aromatic nitrogens is 2. The molecule has 1 atom stereocenters. The van der Waals surface area contributed by atoms with Crippen LogP contribution in [0.4, 0.5) is 0 Å². The predicted molar refractivity (Wildman–Crippen MR) is 82.0 cm³/mol. The summed E-state index contributed by atoms with van der Waals surface area (Å²) in [6.45, 7) is 2.77. The monoisotopic (exact) mass is 319 g/mol. The van der Waals surface area contributed by atoms with E-state index in [1.54, 1.807) is 17.9 Å². The van der Waals surface area contributed by atoms with Crippen LogP contribution in [0.25, 0.3) is 0 Å². The Hall–Kier alpha value is -2.12. The van der Waals surface area contributed by atoms with E-state index < -0.39 is 5.97 Å². The van der Waals surface area contributed by atoms with Gasteiger partial charge in [0.2, 0.25) is 0 Å². The van der Waals surface area contributed by atoms with Gasteiger partial charge in [0.05, 0.1) is 31.7 Å². The molecule has 1 saturated heterocycles. The van der Waals surface area contributed by atoms with E-state index in [4.69, 9.17) is 14.3 Å². The standard InChI is InChI=1S/C16H21N3O4/c1-18-14(16(20)21)8-17-15(18)11-19(9-12-4-2-6-22-12)10-13-5-3-7-23-13/h2,4,6,8,13H,3,5,7,9-11H2,1H3,(H,20,21). The van der Waals surface area contributed by atoms with Gasteiger partial charge in [-0.25, -0.2) is 9.78 Å². The smallest absolute Gasteiger partial charge is 0.354 e. The van der Waals surface area contributed by atoms with Gasteiger partial charge in [0.25, 0.3) is 0 Å². The van der Waals surface area contributed by atoms with E-state index in [0.29, 0.717) is 18.9 Å². The first kappa shape index (κ1) is 15.8. The lowest BCUT2D eigenvalue weighted by molar-refractivity contribution is 0.0635. The van der Waals surface area contributed by atoms with Crippen LogP contribution >= 0.6 is 0 Å². The van der Waals surface area contributed by atoms with Crippen molar-refractivity contribution in [2.24, 2.45) is 7.05 Å². The normalized spacial score (nSPS) is 17.9. The van der Waals surface area contributed by atoms with Crippen LogP contribution in [0.5, 0.6) is 0 Å². The van der Waals surface area contributed by atoms with Crippen molar-refractivity contribution >= 4 is 5.97 Å². The highest BCUT2D eigenvalue weighted by atomic mass is 16.5. The zero-order valence-corrected chi connectivity index (χ0v) is 13.1. The molecule has 1 aliphatic heterocycles. The average molecular weight is 319 g/mol. The van der Waals surface area contributed by atoms with E-state index in [0.717, 1.165) is 31.8 Å². The number of rotatable bonds is 7. The third kappa shape index (κ3) is 3.80. The molecule has 0 aliphatic carbocycles. The Kier molecular flexibility index (Phi) is 4.78. The predicted octanol–water partition coefficient (Wildman–Crippen LogP) is 1.89. The number of nitrogens with zero attached hydrogens (tertiary/aromatic N) is 3. The third-order valence-corrected chi connectivity index (χ3v) is 4.11. The van der Waals surface area contributed by atoms with Crippen LogP contribution in [0.1, 0.15) is 34.9 Å². The maximum absolute atomic E-state index is 11.1. The van der Waals surface area contributed by atoms with Gasteiger partial charge in [-0.2, -0.15) is 0 Å². The number of aromatic carboxylic acids is 1. The molecule has 0 bridgehead atoms. The maximum atomic E-state index is 11.1. The first-order valence-corrected chi connectivity index (χ1v) is 7.73. The third-order valence-electron chi connectivity index (χ3n) is 4.11. The number of hydrogen-bond donors (Lipinski definition) is 1. The van der Waals surface area contributed by atoms with Crippen molar-refractivity contribution in [1.29, 1.82) is 0 Å². The molecule has 1 N–H and O–H groups in total. The molecule has 0 amide bonds. The van der Waals surface area contributed by atoms with Gasteiger partial charge in [-0.3, -0.25) is 4.90 Å². The summed E-state index contributed by atoms with van der Waals surface area (Å²) < 4.78 is 12.8. The Labute approximate surface area is 134 Å². The van der Waals surface area contributed by atoms with Gasteiger partial charge in [-0.1, -0.05) is 0 Å². The highest BCUT2D eigenvalue weighted by molar-refractivity contribution is 5.85. The summed E-state index contributed by atoms with van der Waals surface area (Å²) >= 11 is 0. The van der Waals surface area contributed by atoms with Crippen molar-refractivity contribution in [1.82, 2.24) is 14.5 Å². The number of furan rings is 1. The maximum Gasteiger partial charge on any atom is 0.354 e. The zero-order chi connectivity index (χ0) is 16.2. The minimum Gasteiger partial charge on any atom is -0.477 e. The Morgan fingerprint density at radius 1 is 1.52 bits per heavy atom. The summed E-state index contributed by atoms with van der Waals surface area (Å²) in [6.07, 6.45) is 5.40. The molecular formula is C16H21N3O4. The first-order valence-electron chi connectivity index (χ1n) is 7.73. The van der Waals surface area contributed by atoms with E-state index >= 15 is 0 Å². The Balaban J connectivity index is 1.73. The van der Waals surface area contributed by atoms with Gasteiger partial charge >= 0.3 is 5.97 Å². The second-order valence-electron chi connectivity index (χ2n) is 5.81.